The highest BCUT2D eigenvalue weighted by Crippen LogP contribution is 2.27. The molecule has 0 atom stereocenters. The molecule has 4 heteroatoms. The second-order valence-electron chi connectivity index (χ2n) is 7.19. The molecule has 2 N–H and O–H groups in total. The molecule has 1 aromatic heterocycles. The summed E-state index contributed by atoms with van der Waals surface area (Å²) in [7, 11) is 0. The van der Waals surface area contributed by atoms with E-state index in [-0.39, 0.29) is 18.0 Å². The molecule has 30 heavy (non-hydrogen) atoms. The number of Topliss-reactive ketones (excluding diaryl/α,β-unsaturated/α-hetero) is 1. The van der Waals surface area contributed by atoms with E-state index in [1.165, 1.54) is 4.88 Å². The number of ketones is 1. The minimum Gasteiger partial charge on any atom is -0.508 e. The van der Waals surface area contributed by atoms with Crippen molar-refractivity contribution in [2.75, 3.05) is 0 Å². The van der Waals surface area contributed by atoms with Gasteiger partial charge in [-0.2, -0.15) is 0 Å². The number of nitrogens with one attached hydrogen (secondary N) is 1. The number of benzene rings is 3. The number of phenols is 1. The highest BCUT2D eigenvalue weighted by atomic mass is 32.1. The monoisotopic (exact) mass is 413 g/mol. The zero-order chi connectivity index (χ0) is 20.8. The summed E-state index contributed by atoms with van der Waals surface area (Å²) in [4.78, 5) is 14.1. The van der Waals surface area contributed by atoms with E-state index in [1.54, 1.807) is 17.4 Å². The minimum atomic E-state index is -0.00592. The third kappa shape index (κ3) is 5.03. The summed E-state index contributed by atoms with van der Waals surface area (Å²) in [5, 5.41) is 15.7. The Hall–Kier alpha value is -3.21. The van der Waals surface area contributed by atoms with Crippen LogP contribution in [-0.4, -0.2) is 10.9 Å². The van der Waals surface area contributed by atoms with Crippen LogP contribution in [0.3, 0.4) is 0 Å². The number of hydrogen-bond acceptors (Lipinski definition) is 4. The SMILES string of the molecule is O=C(Cc1cc(-c2ccccc2)ccc1O)c1ccc(CNCc2cccs2)cc1. The zero-order valence-electron chi connectivity index (χ0n) is 16.5. The van der Waals surface area contributed by atoms with Gasteiger partial charge < -0.3 is 10.4 Å². The van der Waals surface area contributed by atoms with Gasteiger partial charge in [0.05, 0.1) is 0 Å². The first-order chi connectivity index (χ1) is 14.7. The molecule has 4 aromatic rings. The summed E-state index contributed by atoms with van der Waals surface area (Å²) in [5.74, 6) is 0.144. The summed E-state index contributed by atoms with van der Waals surface area (Å²) in [6.45, 7) is 1.60. The second-order valence-corrected chi connectivity index (χ2v) is 8.22. The molecule has 0 unspecified atom stereocenters. The number of thiophene rings is 1. The van der Waals surface area contributed by atoms with Crippen molar-refractivity contribution in [1.82, 2.24) is 5.32 Å². The average Bonchev–Trinajstić information content (AvgIpc) is 3.30. The summed E-state index contributed by atoms with van der Waals surface area (Å²) in [6, 6.07) is 27.2. The first kappa shape index (κ1) is 20.1. The normalized spacial score (nSPS) is 10.8. The number of rotatable bonds is 8. The van der Waals surface area contributed by atoms with E-state index in [2.05, 4.69) is 22.8 Å². The molecule has 0 fully saturated rings. The predicted molar refractivity (Wildman–Crippen MR) is 123 cm³/mol. The van der Waals surface area contributed by atoms with Crippen molar-refractivity contribution in [3.05, 3.63) is 112 Å². The molecule has 0 spiro atoms. The van der Waals surface area contributed by atoms with Gasteiger partial charge in [0, 0.05) is 35.5 Å². The van der Waals surface area contributed by atoms with Crippen molar-refractivity contribution < 1.29 is 9.90 Å². The number of aromatic hydroxyl groups is 1. The second kappa shape index (κ2) is 9.53. The van der Waals surface area contributed by atoms with E-state index >= 15 is 0 Å². The third-order valence-electron chi connectivity index (χ3n) is 5.02. The molecular weight excluding hydrogens is 390 g/mol. The fourth-order valence-corrected chi connectivity index (χ4v) is 4.04. The molecule has 0 bridgehead atoms. The Balaban J connectivity index is 1.40. The number of phenolic OH excluding ortho intramolecular Hbond substituents is 1. The van der Waals surface area contributed by atoms with Crippen LogP contribution in [0.4, 0.5) is 0 Å². The van der Waals surface area contributed by atoms with Gasteiger partial charge in [0.2, 0.25) is 0 Å². The van der Waals surface area contributed by atoms with Gasteiger partial charge in [-0.05, 0) is 40.3 Å². The van der Waals surface area contributed by atoms with Crippen molar-refractivity contribution in [3.8, 4) is 16.9 Å². The Morgan fingerprint density at radius 2 is 1.63 bits per heavy atom. The van der Waals surface area contributed by atoms with E-state index in [0.29, 0.717) is 11.1 Å². The van der Waals surface area contributed by atoms with Crippen molar-refractivity contribution in [3.63, 3.8) is 0 Å². The van der Waals surface area contributed by atoms with E-state index in [1.807, 2.05) is 66.7 Å². The first-order valence-electron chi connectivity index (χ1n) is 9.91. The van der Waals surface area contributed by atoms with Crippen LogP contribution in [-0.2, 0) is 19.5 Å². The van der Waals surface area contributed by atoms with E-state index in [4.69, 9.17) is 0 Å². The fourth-order valence-electron chi connectivity index (χ4n) is 3.36. The van der Waals surface area contributed by atoms with Gasteiger partial charge in [0.25, 0.3) is 0 Å². The van der Waals surface area contributed by atoms with Crippen LogP contribution in [0.5, 0.6) is 5.75 Å². The first-order valence-corrected chi connectivity index (χ1v) is 10.8. The Kier molecular flexibility index (Phi) is 6.38. The van der Waals surface area contributed by atoms with Gasteiger partial charge in [0.1, 0.15) is 5.75 Å². The molecule has 0 aliphatic carbocycles. The molecule has 0 radical (unpaired) electrons. The molecule has 0 aliphatic heterocycles. The van der Waals surface area contributed by atoms with Crippen LogP contribution >= 0.6 is 11.3 Å². The quantitative estimate of drug-likeness (QED) is 0.357. The predicted octanol–water partition coefficient (Wildman–Crippen LogP) is 5.84. The van der Waals surface area contributed by atoms with Crippen molar-refractivity contribution in [1.29, 1.82) is 0 Å². The number of carbonyl (C=O) groups is 1. The fraction of sp³-hybridized carbons (Fsp3) is 0.115. The average molecular weight is 414 g/mol. The van der Waals surface area contributed by atoms with Gasteiger partial charge in [-0.15, -0.1) is 11.3 Å². The van der Waals surface area contributed by atoms with Gasteiger partial charge >= 0.3 is 0 Å². The van der Waals surface area contributed by atoms with Gasteiger partial charge in [-0.1, -0.05) is 66.7 Å². The lowest BCUT2D eigenvalue weighted by atomic mass is 9.97. The lowest BCUT2D eigenvalue weighted by Crippen LogP contribution is -2.12. The van der Waals surface area contributed by atoms with E-state index < -0.39 is 0 Å². The number of hydrogen-bond donors (Lipinski definition) is 2. The molecule has 0 saturated carbocycles. The molecule has 3 nitrogen and oxygen atoms in total. The third-order valence-corrected chi connectivity index (χ3v) is 5.90. The Labute approximate surface area is 180 Å². The Morgan fingerprint density at radius 3 is 2.37 bits per heavy atom. The van der Waals surface area contributed by atoms with Crippen molar-refractivity contribution in [2.24, 2.45) is 0 Å². The van der Waals surface area contributed by atoms with Crippen LogP contribution in [0, 0.1) is 0 Å². The highest BCUT2D eigenvalue weighted by Gasteiger charge is 2.12. The molecule has 3 aromatic carbocycles. The maximum Gasteiger partial charge on any atom is 0.167 e. The van der Waals surface area contributed by atoms with Gasteiger partial charge in [-0.25, -0.2) is 0 Å². The number of carbonyl (C=O) groups excluding carboxylic acids is 1. The summed E-state index contributed by atoms with van der Waals surface area (Å²) in [6.07, 6.45) is 0.169. The van der Waals surface area contributed by atoms with E-state index in [9.17, 15) is 9.90 Å². The van der Waals surface area contributed by atoms with Crippen molar-refractivity contribution >= 4 is 17.1 Å². The van der Waals surface area contributed by atoms with Gasteiger partial charge in [0.15, 0.2) is 5.78 Å². The van der Waals surface area contributed by atoms with Crippen LogP contribution in [0.25, 0.3) is 11.1 Å². The van der Waals surface area contributed by atoms with Gasteiger partial charge in [-0.3, -0.25) is 4.79 Å². The molecule has 0 amide bonds. The maximum atomic E-state index is 12.8. The molecular formula is C26H23NO2S. The smallest absolute Gasteiger partial charge is 0.167 e. The van der Waals surface area contributed by atoms with Crippen LogP contribution in [0.1, 0.15) is 26.4 Å². The van der Waals surface area contributed by atoms with Crippen LogP contribution in [0.15, 0.2) is 90.3 Å². The summed E-state index contributed by atoms with van der Waals surface area (Å²) >= 11 is 1.74. The lowest BCUT2D eigenvalue weighted by Gasteiger charge is -2.09. The lowest BCUT2D eigenvalue weighted by molar-refractivity contribution is 0.0992. The maximum absolute atomic E-state index is 12.8. The molecule has 0 saturated heterocycles. The minimum absolute atomic E-state index is 0.00592. The molecule has 1 heterocycles. The largest absolute Gasteiger partial charge is 0.508 e. The Morgan fingerprint density at radius 1 is 0.833 bits per heavy atom. The summed E-state index contributed by atoms with van der Waals surface area (Å²) < 4.78 is 0. The summed E-state index contributed by atoms with van der Waals surface area (Å²) in [5.41, 5.74) is 4.48. The van der Waals surface area contributed by atoms with Crippen LogP contribution < -0.4 is 5.32 Å². The molecule has 4 rings (SSSR count). The zero-order valence-corrected chi connectivity index (χ0v) is 17.4. The highest BCUT2D eigenvalue weighted by molar-refractivity contribution is 7.09. The topological polar surface area (TPSA) is 49.3 Å². The standard InChI is InChI=1S/C26H23NO2S/c28-25-13-12-22(20-5-2-1-3-6-20)15-23(25)16-26(29)21-10-8-19(9-11-21)17-27-18-24-7-4-14-30-24/h1-15,27-28H,16-18H2. The Bertz CT molecular complexity index is 1100. The molecule has 150 valence electrons. The van der Waals surface area contributed by atoms with E-state index in [0.717, 1.165) is 29.8 Å². The van der Waals surface area contributed by atoms with Crippen molar-refractivity contribution in [2.45, 2.75) is 19.5 Å². The molecule has 0 aliphatic rings. The van der Waals surface area contributed by atoms with Crippen LogP contribution in [0.2, 0.25) is 0 Å².